The van der Waals surface area contributed by atoms with Crippen LogP contribution in [-0.4, -0.2) is 32.1 Å². The van der Waals surface area contributed by atoms with Crippen LogP contribution in [0.2, 0.25) is 10.0 Å². The number of hydrogen-bond donors (Lipinski definition) is 1. The Balaban J connectivity index is 2.39. The highest BCUT2D eigenvalue weighted by molar-refractivity contribution is 8.00. The first kappa shape index (κ1) is 15.1. The summed E-state index contributed by atoms with van der Waals surface area (Å²) in [6.45, 7) is 4.67. The molecule has 17 heavy (non-hydrogen) atoms. The van der Waals surface area contributed by atoms with Gasteiger partial charge in [-0.3, -0.25) is 0 Å². The Morgan fingerprint density at radius 2 is 2.18 bits per heavy atom. The van der Waals surface area contributed by atoms with Crippen LogP contribution in [-0.2, 0) is 4.74 Å². The molecular weight excluding hydrogens is 277 g/mol. The number of rotatable bonds is 7. The normalized spacial score (nSPS) is 12.7. The van der Waals surface area contributed by atoms with Crippen LogP contribution in [0.15, 0.2) is 23.1 Å². The van der Waals surface area contributed by atoms with Crippen molar-refractivity contribution >= 4 is 35.0 Å². The van der Waals surface area contributed by atoms with E-state index in [9.17, 15) is 0 Å². The average molecular weight is 294 g/mol. The van der Waals surface area contributed by atoms with Gasteiger partial charge in [-0.2, -0.15) is 0 Å². The molecule has 0 heterocycles. The molecule has 1 atom stereocenters. The van der Waals surface area contributed by atoms with Crippen LogP contribution in [0.3, 0.4) is 0 Å². The second-order valence-electron chi connectivity index (χ2n) is 3.70. The third kappa shape index (κ3) is 5.98. The maximum atomic E-state index is 6.10. The fraction of sp³-hybridized carbons (Fsp3) is 0.500. The molecule has 0 saturated heterocycles. The Hall–Kier alpha value is 0.0700. The molecule has 1 rings (SSSR count). The monoisotopic (exact) mass is 293 g/mol. The Morgan fingerprint density at radius 1 is 1.41 bits per heavy atom. The van der Waals surface area contributed by atoms with Crippen molar-refractivity contribution in [2.75, 3.05) is 26.8 Å². The van der Waals surface area contributed by atoms with Crippen LogP contribution in [0.5, 0.6) is 0 Å². The second-order valence-corrected chi connectivity index (χ2v) is 6.02. The molecular formula is C12H17Cl2NOS. The lowest BCUT2D eigenvalue weighted by Gasteiger charge is -2.13. The fourth-order valence-corrected chi connectivity index (χ4v) is 2.80. The largest absolute Gasteiger partial charge is 0.383 e. The van der Waals surface area contributed by atoms with E-state index < -0.39 is 0 Å². The number of benzene rings is 1. The standard InChI is InChI=1S/C12H17Cl2NOS/c1-9(8-15-5-6-16-2)17-12-7-10(13)3-4-11(12)14/h3-4,7,9,15H,5-6,8H2,1-2H3. The van der Waals surface area contributed by atoms with E-state index in [-0.39, 0.29) is 0 Å². The second kappa shape index (κ2) is 8.22. The van der Waals surface area contributed by atoms with Gasteiger partial charge >= 0.3 is 0 Å². The van der Waals surface area contributed by atoms with Gasteiger partial charge in [-0.1, -0.05) is 30.1 Å². The molecule has 2 nitrogen and oxygen atoms in total. The van der Waals surface area contributed by atoms with Crippen LogP contribution in [0.1, 0.15) is 6.92 Å². The van der Waals surface area contributed by atoms with Crippen LogP contribution in [0.4, 0.5) is 0 Å². The van der Waals surface area contributed by atoms with E-state index in [4.69, 9.17) is 27.9 Å². The molecule has 0 aliphatic rings. The summed E-state index contributed by atoms with van der Waals surface area (Å²) in [6, 6.07) is 5.53. The van der Waals surface area contributed by atoms with Gasteiger partial charge in [0.15, 0.2) is 0 Å². The van der Waals surface area contributed by atoms with Crippen LogP contribution < -0.4 is 5.32 Å². The number of ether oxygens (including phenoxy) is 1. The predicted octanol–water partition coefficient (Wildman–Crippen LogP) is 3.71. The third-order valence-corrected chi connectivity index (χ3v) is 3.97. The molecule has 1 N–H and O–H groups in total. The first-order valence-electron chi connectivity index (χ1n) is 5.45. The molecule has 1 aromatic carbocycles. The van der Waals surface area contributed by atoms with Crippen molar-refractivity contribution in [3.05, 3.63) is 28.2 Å². The van der Waals surface area contributed by atoms with Crippen molar-refractivity contribution in [3.8, 4) is 0 Å². The molecule has 0 radical (unpaired) electrons. The zero-order valence-electron chi connectivity index (χ0n) is 10.0. The van der Waals surface area contributed by atoms with E-state index in [0.717, 1.165) is 34.6 Å². The number of halogens is 2. The summed E-state index contributed by atoms with van der Waals surface area (Å²) in [4.78, 5) is 1.03. The lowest BCUT2D eigenvalue weighted by molar-refractivity contribution is 0.199. The molecule has 0 aromatic heterocycles. The number of methoxy groups -OCH3 is 1. The zero-order valence-corrected chi connectivity index (χ0v) is 12.3. The minimum Gasteiger partial charge on any atom is -0.383 e. The molecule has 0 aliphatic heterocycles. The SMILES string of the molecule is COCCNCC(C)Sc1cc(Cl)ccc1Cl. The van der Waals surface area contributed by atoms with Gasteiger partial charge in [0.05, 0.1) is 11.6 Å². The van der Waals surface area contributed by atoms with E-state index in [1.165, 1.54) is 0 Å². The van der Waals surface area contributed by atoms with Gasteiger partial charge in [0.1, 0.15) is 0 Å². The molecule has 5 heteroatoms. The summed E-state index contributed by atoms with van der Waals surface area (Å²) >= 11 is 13.8. The van der Waals surface area contributed by atoms with Crippen LogP contribution >= 0.6 is 35.0 Å². The lowest BCUT2D eigenvalue weighted by Crippen LogP contribution is -2.26. The van der Waals surface area contributed by atoms with Gasteiger partial charge in [-0.15, -0.1) is 11.8 Å². The maximum absolute atomic E-state index is 6.10. The first-order valence-corrected chi connectivity index (χ1v) is 7.08. The van der Waals surface area contributed by atoms with Crippen molar-refractivity contribution in [2.45, 2.75) is 17.1 Å². The maximum Gasteiger partial charge on any atom is 0.0587 e. The Bertz CT molecular complexity index is 349. The van der Waals surface area contributed by atoms with Gasteiger partial charge in [0.25, 0.3) is 0 Å². The predicted molar refractivity (Wildman–Crippen MR) is 76.5 cm³/mol. The topological polar surface area (TPSA) is 21.3 Å². The summed E-state index contributed by atoms with van der Waals surface area (Å²) in [5.41, 5.74) is 0. The molecule has 0 bridgehead atoms. The van der Waals surface area contributed by atoms with Crippen molar-refractivity contribution in [3.63, 3.8) is 0 Å². The van der Waals surface area contributed by atoms with E-state index in [1.807, 2.05) is 12.1 Å². The highest BCUT2D eigenvalue weighted by Crippen LogP contribution is 2.32. The Morgan fingerprint density at radius 3 is 2.88 bits per heavy atom. The quantitative estimate of drug-likeness (QED) is 0.612. The van der Waals surface area contributed by atoms with Crippen molar-refractivity contribution in [1.82, 2.24) is 5.32 Å². The van der Waals surface area contributed by atoms with Crippen molar-refractivity contribution in [1.29, 1.82) is 0 Å². The molecule has 0 saturated carbocycles. The summed E-state index contributed by atoms with van der Waals surface area (Å²) in [5.74, 6) is 0. The molecule has 0 spiro atoms. The highest BCUT2D eigenvalue weighted by atomic mass is 35.5. The van der Waals surface area contributed by atoms with Gasteiger partial charge in [0.2, 0.25) is 0 Å². The summed E-state index contributed by atoms with van der Waals surface area (Å²) in [5, 5.41) is 5.22. The fourth-order valence-electron chi connectivity index (χ4n) is 1.31. The van der Waals surface area contributed by atoms with Crippen molar-refractivity contribution < 1.29 is 4.74 Å². The number of thioether (sulfide) groups is 1. The first-order chi connectivity index (χ1) is 8.13. The smallest absolute Gasteiger partial charge is 0.0587 e. The molecule has 0 fully saturated rings. The minimum atomic E-state index is 0.433. The highest BCUT2D eigenvalue weighted by Gasteiger charge is 2.08. The van der Waals surface area contributed by atoms with Gasteiger partial charge < -0.3 is 10.1 Å². The van der Waals surface area contributed by atoms with E-state index >= 15 is 0 Å². The molecule has 0 amide bonds. The Labute approximate surface area is 117 Å². The number of nitrogens with one attached hydrogen (secondary N) is 1. The minimum absolute atomic E-state index is 0.433. The molecule has 1 aromatic rings. The Kier molecular flexibility index (Phi) is 7.32. The third-order valence-electron chi connectivity index (χ3n) is 2.14. The van der Waals surface area contributed by atoms with E-state index in [1.54, 1.807) is 24.9 Å². The number of hydrogen-bond acceptors (Lipinski definition) is 3. The van der Waals surface area contributed by atoms with E-state index in [2.05, 4.69) is 12.2 Å². The molecule has 0 aliphatic carbocycles. The van der Waals surface area contributed by atoms with Gasteiger partial charge in [0, 0.05) is 35.4 Å². The van der Waals surface area contributed by atoms with Gasteiger partial charge in [-0.25, -0.2) is 0 Å². The van der Waals surface area contributed by atoms with Crippen LogP contribution in [0.25, 0.3) is 0 Å². The summed E-state index contributed by atoms with van der Waals surface area (Å²) < 4.78 is 4.97. The van der Waals surface area contributed by atoms with E-state index in [0.29, 0.717) is 5.25 Å². The summed E-state index contributed by atoms with van der Waals surface area (Å²) in [7, 11) is 1.70. The molecule has 96 valence electrons. The van der Waals surface area contributed by atoms with Gasteiger partial charge in [-0.05, 0) is 18.2 Å². The summed E-state index contributed by atoms with van der Waals surface area (Å²) in [6.07, 6.45) is 0. The zero-order chi connectivity index (χ0) is 12.7. The lowest BCUT2D eigenvalue weighted by atomic mass is 10.4. The molecule has 1 unspecified atom stereocenters. The van der Waals surface area contributed by atoms with Crippen molar-refractivity contribution in [2.24, 2.45) is 0 Å². The van der Waals surface area contributed by atoms with Crippen LogP contribution in [0, 0.1) is 0 Å². The average Bonchev–Trinajstić information content (AvgIpc) is 2.29.